The van der Waals surface area contributed by atoms with Gasteiger partial charge in [-0.1, -0.05) is 30.3 Å². The van der Waals surface area contributed by atoms with Crippen LogP contribution in [0.3, 0.4) is 0 Å². The van der Waals surface area contributed by atoms with Gasteiger partial charge < -0.3 is 4.74 Å². The molecule has 1 aliphatic heterocycles. The van der Waals surface area contributed by atoms with E-state index in [1.807, 2.05) is 23.1 Å². The van der Waals surface area contributed by atoms with Crippen molar-refractivity contribution in [3.8, 4) is 0 Å². The number of carbonyl (C=O) groups excluding carboxylic acids is 1. The first-order valence-corrected chi connectivity index (χ1v) is 11.1. The van der Waals surface area contributed by atoms with Gasteiger partial charge in [0.2, 0.25) is 5.91 Å². The van der Waals surface area contributed by atoms with E-state index in [1.54, 1.807) is 11.3 Å². The van der Waals surface area contributed by atoms with E-state index in [0.717, 1.165) is 36.6 Å². The smallest absolute Gasteiger partial charge is 0.243 e. The van der Waals surface area contributed by atoms with Gasteiger partial charge in [-0.25, -0.2) is 4.98 Å². The molecule has 0 unspecified atom stereocenters. The predicted molar refractivity (Wildman–Crippen MR) is 113 cm³/mol. The Hall–Kier alpha value is -1.76. The zero-order valence-corrected chi connectivity index (χ0v) is 17.6. The van der Waals surface area contributed by atoms with Crippen molar-refractivity contribution in [2.24, 2.45) is 0 Å². The number of hydrogen-bond donors (Lipinski definition) is 0. The summed E-state index contributed by atoms with van der Waals surface area (Å²) in [7, 11) is 0. The van der Waals surface area contributed by atoms with Gasteiger partial charge in [0.15, 0.2) is 5.13 Å². The van der Waals surface area contributed by atoms with Crippen molar-refractivity contribution in [1.29, 1.82) is 0 Å². The second-order valence-electron chi connectivity index (χ2n) is 7.99. The van der Waals surface area contributed by atoms with Crippen LogP contribution in [0.1, 0.15) is 42.8 Å². The lowest BCUT2D eigenvalue weighted by Gasteiger charge is -2.35. The second-order valence-corrected chi connectivity index (χ2v) is 9.05. The van der Waals surface area contributed by atoms with E-state index in [9.17, 15) is 4.79 Å². The fourth-order valence-electron chi connectivity index (χ4n) is 4.17. The highest BCUT2D eigenvalue weighted by Crippen LogP contribution is 2.32. The first-order chi connectivity index (χ1) is 13.6. The third-order valence-corrected chi connectivity index (χ3v) is 6.58. The van der Waals surface area contributed by atoms with Crippen LogP contribution in [-0.4, -0.2) is 47.6 Å². The Morgan fingerprint density at radius 3 is 2.61 bits per heavy atom. The maximum Gasteiger partial charge on any atom is 0.243 e. The van der Waals surface area contributed by atoms with Crippen LogP contribution < -0.4 is 4.90 Å². The molecule has 28 heavy (non-hydrogen) atoms. The Kier molecular flexibility index (Phi) is 6.09. The standard InChI is InChI=1S/C22H29N3O2S/c1-16-12-24(13-17(2)27-16)15-21(26)25(14-18-8-4-3-5-9-18)22-23-19-10-6-7-11-20(19)28-22/h3-5,8-9,16-17H,6-7,10-15H2,1-2H3/t16-,17-/m1/s1. The Morgan fingerprint density at radius 1 is 1.18 bits per heavy atom. The normalized spacial score (nSPS) is 22.6. The third kappa shape index (κ3) is 4.62. The number of ether oxygens (including phenoxy) is 1. The molecule has 2 heterocycles. The molecule has 2 atom stereocenters. The fraction of sp³-hybridized carbons (Fsp3) is 0.545. The van der Waals surface area contributed by atoms with E-state index in [-0.39, 0.29) is 18.1 Å². The number of rotatable bonds is 5. The van der Waals surface area contributed by atoms with Gasteiger partial charge in [0.1, 0.15) is 0 Å². The summed E-state index contributed by atoms with van der Waals surface area (Å²) in [5.74, 6) is 0.122. The minimum absolute atomic E-state index is 0.122. The fourth-order valence-corrected chi connectivity index (χ4v) is 5.34. The second kappa shape index (κ2) is 8.72. The predicted octanol–water partition coefficient (Wildman–Crippen LogP) is 3.66. The number of thiazole rings is 1. The maximum atomic E-state index is 13.4. The van der Waals surface area contributed by atoms with Gasteiger partial charge in [0.25, 0.3) is 0 Å². The van der Waals surface area contributed by atoms with E-state index < -0.39 is 0 Å². The minimum Gasteiger partial charge on any atom is -0.373 e. The number of fused-ring (bicyclic) bond motifs is 1. The van der Waals surface area contributed by atoms with Gasteiger partial charge in [-0.3, -0.25) is 14.6 Å². The molecule has 6 heteroatoms. The molecule has 1 amide bonds. The van der Waals surface area contributed by atoms with Gasteiger partial charge in [-0.2, -0.15) is 0 Å². The molecule has 0 bridgehead atoms. The van der Waals surface area contributed by atoms with Crippen LogP contribution >= 0.6 is 11.3 Å². The molecule has 1 aromatic carbocycles. The van der Waals surface area contributed by atoms with Gasteiger partial charge in [-0.05, 0) is 45.1 Å². The molecule has 2 aromatic rings. The van der Waals surface area contributed by atoms with Crippen molar-refractivity contribution in [3.63, 3.8) is 0 Å². The summed E-state index contributed by atoms with van der Waals surface area (Å²) in [6, 6.07) is 10.2. The average Bonchev–Trinajstić information content (AvgIpc) is 3.09. The number of carbonyl (C=O) groups is 1. The zero-order chi connectivity index (χ0) is 19.5. The van der Waals surface area contributed by atoms with Gasteiger partial charge in [0.05, 0.1) is 31.0 Å². The number of anilines is 1. The lowest BCUT2D eigenvalue weighted by molar-refractivity contribution is -0.123. The third-order valence-electron chi connectivity index (χ3n) is 5.40. The molecule has 5 nitrogen and oxygen atoms in total. The SMILES string of the molecule is C[C@@H]1CN(CC(=O)N(Cc2ccccc2)c2nc3c(s2)CCCC3)C[C@@H](C)O1. The van der Waals surface area contributed by atoms with Crippen molar-refractivity contribution in [1.82, 2.24) is 9.88 Å². The number of hydrogen-bond acceptors (Lipinski definition) is 5. The van der Waals surface area contributed by atoms with Crippen LogP contribution in [-0.2, 0) is 28.9 Å². The topological polar surface area (TPSA) is 45.7 Å². The van der Waals surface area contributed by atoms with Crippen molar-refractivity contribution in [3.05, 3.63) is 46.5 Å². The Labute approximate surface area is 171 Å². The van der Waals surface area contributed by atoms with Gasteiger partial charge in [0, 0.05) is 18.0 Å². The van der Waals surface area contributed by atoms with Crippen LogP contribution in [0.4, 0.5) is 5.13 Å². The van der Waals surface area contributed by atoms with E-state index in [2.05, 4.69) is 30.9 Å². The summed E-state index contributed by atoms with van der Waals surface area (Å²) in [6.45, 7) is 6.72. The molecular formula is C22H29N3O2S. The van der Waals surface area contributed by atoms with E-state index in [0.29, 0.717) is 13.1 Å². The molecule has 1 aliphatic carbocycles. The number of nitrogens with zero attached hydrogens (tertiary/aromatic N) is 3. The first-order valence-electron chi connectivity index (χ1n) is 10.3. The summed E-state index contributed by atoms with van der Waals surface area (Å²) in [6.07, 6.45) is 4.88. The van der Waals surface area contributed by atoms with Crippen molar-refractivity contribution in [2.75, 3.05) is 24.5 Å². The van der Waals surface area contributed by atoms with Crippen molar-refractivity contribution >= 4 is 22.4 Å². The molecule has 2 aliphatic rings. The number of aromatic nitrogens is 1. The Balaban J connectivity index is 1.55. The molecule has 1 fully saturated rings. The minimum atomic E-state index is 0.122. The van der Waals surface area contributed by atoms with Gasteiger partial charge >= 0.3 is 0 Å². The summed E-state index contributed by atoms with van der Waals surface area (Å²) in [4.78, 5) is 23.7. The highest BCUT2D eigenvalue weighted by molar-refractivity contribution is 7.15. The van der Waals surface area contributed by atoms with Crippen LogP contribution in [0.25, 0.3) is 0 Å². The van der Waals surface area contributed by atoms with E-state index in [1.165, 1.54) is 23.4 Å². The molecular weight excluding hydrogens is 370 g/mol. The van der Waals surface area contributed by atoms with Crippen LogP contribution in [0, 0.1) is 0 Å². The zero-order valence-electron chi connectivity index (χ0n) is 16.8. The summed E-state index contributed by atoms with van der Waals surface area (Å²) < 4.78 is 5.82. The van der Waals surface area contributed by atoms with Crippen LogP contribution in [0.2, 0.25) is 0 Å². The average molecular weight is 400 g/mol. The molecule has 150 valence electrons. The lowest BCUT2D eigenvalue weighted by atomic mass is 10.0. The largest absolute Gasteiger partial charge is 0.373 e. The number of morpholine rings is 1. The number of aryl methyl sites for hydroxylation is 2. The van der Waals surface area contributed by atoms with Crippen LogP contribution in [0.15, 0.2) is 30.3 Å². The lowest BCUT2D eigenvalue weighted by Crippen LogP contribution is -2.49. The maximum absolute atomic E-state index is 13.4. The molecule has 0 spiro atoms. The molecule has 1 saturated heterocycles. The van der Waals surface area contributed by atoms with E-state index in [4.69, 9.17) is 9.72 Å². The highest BCUT2D eigenvalue weighted by Gasteiger charge is 2.28. The molecule has 1 aromatic heterocycles. The number of benzene rings is 1. The quantitative estimate of drug-likeness (QED) is 0.770. The number of amides is 1. The first kappa shape index (κ1) is 19.6. The molecule has 4 rings (SSSR count). The van der Waals surface area contributed by atoms with Crippen molar-refractivity contribution in [2.45, 2.75) is 58.3 Å². The Bertz CT molecular complexity index is 774. The summed E-state index contributed by atoms with van der Waals surface area (Å²) in [5.41, 5.74) is 2.33. The monoisotopic (exact) mass is 399 g/mol. The summed E-state index contributed by atoms with van der Waals surface area (Å²) >= 11 is 1.70. The van der Waals surface area contributed by atoms with E-state index >= 15 is 0 Å². The molecule has 0 radical (unpaired) electrons. The summed E-state index contributed by atoms with van der Waals surface area (Å²) in [5, 5.41) is 0.857. The molecule has 0 saturated carbocycles. The highest BCUT2D eigenvalue weighted by atomic mass is 32.1. The van der Waals surface area contributed by atoms with Crippen LogP contribution in [0.5, 0.6) is 0 Å². The van der Waals surface area contributed by atoms with Gasteiger partial charge in [-0.15, -0.1) is 11.3 Å². The Morgan fingerprint density at radius 2 is 1.89 bits per heavy atom. The van der Waals surface area contributed by atoms with Crippen molar-refractivity contribution < 1.29 is 9.53 Å². The molecule has 0 N–H and O–H groups in total.